The highest BCUT2D eigenvalue weighted by Gasteiger charge is 2.05. The Kier molecular flexibility index (Phi) is 5.42. The number of hydrogen-bond acceptors (Lipinski definition) is 3. The number of halogens is 1. The van der Waals surface area contributed by atoms with Crippen LogP contribution in [0.1, 0.15) is 11.1 Å². The summed E-state index contributed by atoms with van der Waals surface area (Å²) in [5.41, 5.74) is 6.00. The van der Waals surface area contributed by atoms with E-state index < -0.39 is 11.9 Å². The number of hydrogen-bond donors (Lipinski definition) is 3. The predicted molar refractivity (Wildman–Crippen MR) is 77.9 cm³/mol. The van der Waals surface area contributed by atoms with Crippen molar-refractivity contribution < 1.29 is 14.0 Å². The summed E-state index contributed by atoms with van der Waals surface area (Å²) in [5, 5.41) is 2.57. The largest absolute Gasteiger partial charge is 0.333 e. The summed E-state index contributed by atoms with van der Waals surface area (Å²) in [7, 11) is 0. The standard InChI is InChI=1S/C15H15FN4O2/c16-13-5-3-11(4-6-13)8-14(21)19-20-15(22)18-10-12-2-1-7-17-9-12/h1-7,9H,8,10H2,(H,19,21)(H2,18,20,22). The van der Waals surface area contributed by atoms with Crippen molar-refractivity contribution in [2.45, 2.75) is 13.0 Å². The summed E-state index contributed by atoms with van der Waals surface area (Å²) < 4.78 is 12.7. The summed E-state index contributed by atoms with van der Waals surface area (Å²) >= 11 is 0. The lowest BCUT2D eigenvalue weighted by Crippen LogP contribution is -2.47. The van der Waals surface area contributed by atoms with E-state index in [2.05, 4.69) is 21.2 Å². The van der Waals surface area contributed by atoms with Crippen LogP contribution >= 0.6 is 0 Å². The summed E-state index contributed by atoms with van der Waals surface area (Å²) in [6.07, 6.45) is 3.32. The van der Waals surface area contributed by atoms with E-state index in [1.807, 2.05) is 6.07 Å². The van der Waals surface area contributed by atoms with E-state index in [1.54, 1.807) is 18.5 Å². The van der Waals surface area contributed by atoms with E-state index in [1.165, 1.54) is 24.3 Å². The minimum absolute atomic E-state index is 0.0448. The Bertz CT molecular complexity index is 632. The van der Waals surface area contributed by atoms with E-state index in [9.17, 15) is 14.0 Å². The van der Waals surface area contributed by atoms with Crippen LogP contribution in [0, 0.1) is 5.82 Å². The Balaban J connectivity index is 1.69. The van der Waals surface area contributed by atoms with Crippen molar-refractivity contribution in [2.75, 3.05) is 0 Å². The molecule has 3 amide bonds. The number of nitrogens with one attached hydrogen (secondary N) is 3. The van der Waals surface area contributed by atoms with E-state index in [4.69, 9.17) is 0 Å². The van der Waals surface area contributed by atoms with Gasteiger partial charge in [0, 0.05) is 18.9 Å². The highest BCUT2D eigenvalue weighted by molar-refractivity contribution is 5.82. The molecule has 0 fully saturated rings. The molecule has 0 bridgehead atoms. The summed E-state index contributed by atoms with van der Waals surface area (Å²) in [5.74, 6) is -0.764. The second-order valence-corrected chi connectivity index (χ2v) is 4.52. The fraction of sp³-hybridized carbons (Fsp3) is 0.133. The van der Waals surface area contributed by atoms with E-state index in [0.717, 1.165) is 5.56 Å². The second-order valence-electron chi connectivity index (χ2n) is 4.52. The van der Waals surface area contributed by atoms with Gasteiger partial charge in [0.1, 0.15) is 5.82 Å². The molecule has 0 saturated carbocycles. The van der Waals surface area contributed by atoms with Gasteiger partial charge in [-0.05, 0) is 29.3 Å². The molecular weight excluding hydrogens is 287 g/mol. The van der Waals surface area contributed by atoms with Crippen molar-refractivity contribution in [3.05, 3.63) is 65.7 Å². The first-order chi connectivity index (χ1) is 10.6. The third-order valence-corrected chi connectivity index (χ3v) is 2.77. The van der Waals surface area contributed by atoms with E-state index in [0.29, 0.717) is 12.1 Å². The quantitative estimate of drug-likeness (QED) is 0.744. The zero-order valence-electron chi connectivity index (χ0n) is 11.7. The van der Waals surface area contributed by atoms with Crippen LogP contribution in [0.15, 0.2) is 48.8 Å². The molecule has 0 spiro atoms. The van der Waals surface area contributed by atoms with Crippen molar-refractivity contribution in [3.8, 4) is 0 Å². The lowest BCUT2D eigenvalue weighted by atomic mass is 10.1. The van der Waals surface area contributed by atoms with Crippen LogP contribution in [0.4, 0.5) is 9.18 Å². The fourth-order valence-electron chi connectivity index (χ4n) is 1.69. The van der Waals surface area contributed by atoms with Gasteiger partial charge in [0.25, 0.3) is 0 Å². The van der Waals surface area contributed by atoms with Gasteiger partial charge in [0.15, 0.2) is 0 Å². The molecule has 6 nitrogen and oxygen atoms in total. The lowest BCUT2D eigenvalue weighted by Gasteiger charge is -2.09. The van der Waals surface area contributed by atoms with Crippen LogP contribution in [0.5, 0.6) is 0 Å². The highest BCUT2D eigenvalue weighted by Crippen LogP contribution is 2.03. The van der Waals surface area contributed by atoms with Gasteiger partial charge >= 0.3 is 6.03 Å². The maximum absolute atomic E-state index is 12.7. The maximum Gasteiger partial charge on any atom is 0.333 e. The number of rotatable bonds is 4. The molecule has 1 aromatic carbocycles. The minimum atomic E-state index is -0.531. The molecule has 0 aliphatic carbocycles. The molecule has 0 radical (unpaired) electrons. The third kappa shape index (κ3) is 5.20. The number of hydrazine groups is 1. The van der Waals surface area contributed by atoms with Crippen molar-refractivity contribution in [1.82, 2.24) is 21.2 Å². The Morgan fingerprint density at radius 1 is 1.05 bits per heavy atom. The Labute approximate surface area is 126 Å². The van der Waals surface area contributed by atoms with E-state index >= 15 is 0 Å². The number of pyridine rings is 1. The van der Waals surface area contributed by atoms with Crippen LogP contribution in [0.3, 0.4) is 0 Å². The summed E-state index contributed by atoms with van der Waals surface area (Å²) in [4.78, 5) is 27.1. The maximum atomic E-state index is 12.7. The summed E-state index contributed by atoms with van der Waals surface area (Å²) in [6, 6.07) is 8.62. The number of urea groups is 1. The molecule has 0 aliphatic rings. The van der Waals surface area contributed by atoms with Gasteiger partial charge in [-0.1, -0.05) is 18.2 Å². The number of aromatic nitrogens is 1. The zero-order valence-corrected chi connectivity index (χ0v) is 11.7. The smallest absolute Gasteiger partial charge is 0.333 e. The normalized spacial score (nSPS) is 9.86. The molecule has 7 heteroatoms. The van der Waals surface area contributed by atoms with Gasteiger partial charge in [-0.2, -0.15) is 0 Å². The van der Waals surface area contributed by atoms with Gasteiger partial charge < -0.3 is 5.32 Å². The first-order valence-electron chi connectivity index (χ1n) is 6.59. The van der Waals surface area contributed by atoms with Gasteiger partial charge in [0.05, 0.1) is 6.42 Å². The third-order valence-electron chi connectivity index (χ3n) is 2.77. The van der Waals surface area contributed by atoms with Crippen molar-refractivity contribution in [1.29, 1.82) is 0 Å². The average Bonchev–Trinajstić information content (AvgIpc) is 2.54. The molecule has 0 unspecified atom stereocenters. The topological polar surface area (TPSA) is 83.1 Å². The van der Waals surface area contributed by atoms with Crippen LogP contribution in [-0.2, 0) is 17.8 Å². The van der Waals surface area contributed by atoms with Crippen molar-refractivity contribution in [3.63, 3.8) is 0 Å². The molecule has 114 valence electrons. The zero-order chi connectivity index (χ0) is 15.8. The number of amides is 3. The monoisotopic (exact) mass is 302 g/mol. The molecular formula is C15H15FN4O2. The molecule has 0 atom stereocenters. The SMILES string of the molecule is O=C(Cc1ccc(F)cc1)NNC(=O)NCc1cccnc1. The molecule has 22 heavy (non-hydrogen) atoms. The molecule has 2 aromatic rings. The minimum Gasteiger partial charge on any atom is -0.333 e. The van der Waals surface area contributed by atoms with E-state index in [-0.39, 0.29) is 12.2 Å². The second kappa shape index (κ2) is 7.72. The number of carbonyl (C=O) groups excluding carboxylic acids is 2. The molecule has 0 aliphatic heterocycles. The van der Waals surface area contributed by atoms with Crippen LogP contribution in [0.25, 0.3) is 0 Å². The van der Waals surface area contributed by atoms with Gasteiger partial charge in [0.2, 0.25) is 5.91 Å². The fourth-order valence-corrected chi connectivity index (χ4v) is 1.69. The van der Waals surface area contributed by atoms with Gasteiger partial charge in [-0.3, -0.25) is 15.2 Å². The molecule has 1 heterocycles. The Morgan fingerprint density at radius 3 is 2.50 bits per heavy atom. The summed E-state index contributed by atoms with van der Waals surface area (Å²) in [6.45, 7) is 0.299. The molecule has 1 aromatic heterocycles. The first-order valence-corrected chi connectivity index (χ1v) is 6.59. The molecule has 0 saturated heterocycles. The highest BCUT2D eigenvalue weighted by atomic mass is 19.1. The van der Waals surface area contributed by atoms with Crippen LogP contribution < -0.4 is 16.2 Å². The Morgan fingerprint density at radius 2 is 1.82 bits per heavy atom. The molecule has 3 N–H and O–H groups in total. The first kappa shape index (κ1) is 15.4. The molecule has 2 rings (SSSR count). The number of carbonyl (C=O) groups is 2. The lowest BCUT2D eigenvalue weighted by molar-refractivity contribution is -0.121. The van der Waals surface area contributed by atoms with Crippen LogP contribution in [0.2, 0.25) is 0 Å². The average molecular weight is 302 g/mol. The van der Waals surface area contributed by atoms with Crippen LogP contribution in [-0.4, -0.2) is 16.9 Å². The predicted octanol–water partition coefficient (Wildman–Crippen LogP) is 1.29. The van der Waals surface area contributed by atoms with Gasteiger partial charge in [-0.15, -0.1) is 0 Å². The number of benzene rings is 1. The van der Waals surface area contributed by atoms with Crippen molar-refractivity contribution in [2.24, 2.45) is 0 Å². The Hall–Kier alpha value is -2.96. The van der Waals surface area contributed by atoms with Crippen molar-refractivity contribution >= 4 is 11.9 Å². The number of nitrogens with zero attached hydrogens (tertiary/aromatic N) is 1. The van der Waals surface area contributed by atoms with Gasteiger partial charge in [-0.25, -0.2) is 14.6 Å².